The number of hydrogen-bond donors (Lipinski definition) is 0. The van der Waals surface area contributed by atoms with E-state index in [0.29, 0.717) is 0 Å². The molecule has 58 heavy (non-hydrogen) atoms. The fourth-order valence-electron chi connectivity index (χ4n) is 5.14. The normalized spacial score (nSPS) is 9.79. The average Bonchev–Trinajstić information content (AvgIpc) is 3.21. The number of hydrogen-bond acceptors (Lipinski definition) is 0. The lowest BCUT2D eigenvalue weighted by Gasteiger charge is -2.01. The molecule has 0 nitrogen and oxygen atoms in total. The van der Waals surface area contributed by atoms with Crippen LogP contribution in [0.15, 0.2) is 230 Å². The van der Waals surface area contributed by atoms with Gasteiger partial charge in [-0.1, -0.05) is 225 Å². The molecule has 0 N–H and O–H groups in total. The van der Waals surface area contributed by atoms with Crippen LogP contribution in [0.25, 0.3) is 44.5 Å². The van der Waals surface area contributed by atoms with Crippen molar-refractivity contribution in [2.75, 3.05) is 0 Å². The predicted octanol–water partition coefficient (Wildman–Crippen LogP) is 19.5. The molecule has 0 saturated heterocycles. The molecule has 0 atom stereocenters. The van der Waals surface area contributed by atoms with Gasteiger partial charge >= 0.3 is 0 Å². The second-order valence-corrected chi connectivity index (χ2v) is 19.4. The molecule has 296 valence electrons. The first-order valence-electron chi connectivity index (χ1n) is 17.1. The predicted molar refractivity (Wildman–Crippen MR) is 284 cm³/mol. The Kier molecular flexibility index (Phi) is 23.2. The van der Waals surface area contributed by atoms with E-state index < -0.39 is 0 Å². The molecule has 0 fully saturated rings. The van der Waals surface area contributed by atoms with Crippen LogP contribution >= 0.6 is 127 Å². The van der Waals surface area contributed by atoms with E-state index in [-0.39, 0.29) is 27.0 Å². The molecular formula is C48H32Br8S2-4. The van der Waals surface area contributed by atoms with Crippen molar-refractivity contribution in [3.05, 3.63) is 230 Å². The number of halogens is 8. The maximum Gasteiger partial charge on any atom is 0.0175 e. The largest absolute Gasteiger partial charge is 2.00 e. The Balaban J connectivity index is 0.000000205. The zero-order valence-electron chi connectivity index (χ0n) is 30.3. The van der Waals surface area contributed by atoms with E-state index in [0.717, 1.165) is 35.8 Å². The fourth-order valence-corrected chi connectivity index (χ4v) is 7.25. The van der Waals surface area contributed by atoms with Crippen LogP contribution in [0.5, 0.6) is 0 Å². The SMILES string of the molecule is Brc1ccc(-c2ccc(Br)cc2)cc1.Brc1ccc(-c2ccc(Br)cc2)cc1.Brc1ccc(-c2ccc(Br)cc2)cc1.Brc1ccc(-c2ccc(Br)cc2)cc1.[S-2].[S-2]. The third-order valence-corrected chi connectivity index (χ3v) is 12.3. The van der Waals surface area contributed by atoms with Gasteiger partial charge < -0.3 is 27.0 Å². The van der Waals surface area contributed by atoms with Gasteiger partial charge in [-0.25, -0.2) is 0 Å². The van der Waals surface area contributed by atoms with Gasteiger partial charge in [0.05, 0.1) is 0 Å². The highest BCUT2D eigenvalue weighted by Gasteiger charge is 2.00. The zero-order valence-corrected chi connectivity index (χ0v) is 44.6. The first kappa shape index (κ1) is 50.7. The van der Waals surface area contributed by atoms with Crippen LogP contribution < -0.4 is 0 Å². The van der Waals surface area contributed by atoms with Crippen molar-refractivity contribution in [3.63, 3.8) is 0 Å². The maximum absolute atomic E-state index is 3.42. The summed E-state index contributed by atoms with van der Waals surface area (Å²) in [4.78, 5) is 0. The molecule has 0 amide bonds. The van der Waals surface area contributed by atoms with Gasteiger partial charge in [0, 0.05) is 35.8 Å². The lowest BCUT2D eigenvalue weighted by molar-refractivity contribution is 1.58. The molecule has 0 spiro atoms. The first-order chi connectivity index (χ1) is 27.0. The highest BCUT2D eigenvalue weighted by molar-refractivity contribution is 9.11. The van der Waals surface area contributed by atoms with Crippen LogP contribution in [0.2, 0.25) is 0 Å². The van der Waals surface area contributed by atoms with Crippen LogP contribution in [0.4, 0.5) is 0 Å². The van der Waals surface area contributed by atoms with Crippen LogP contribution in [0.1, 0.15) is 0 Å². The Labute approximate surface area is 423 Å². The smallest absolute Gasteiger partial charge is 0.0175 e. The van der Waals surface area contributed by atoms with Crippen LogP contribution in [-0.4, -0.2) is 0 Å². The lowest BCUT2D eigenvalue weighted by Crippen LogP contribution is -1.76. The van der Waals surface area contributed by atoms with Gasteiger partial charge in [0.2, 0.25) is 0 Å². The molecular weight excluding hydrogens is 1280 g/mol. The number of rotatable bonds is 4. The second-order valence-electron chi connectivity index (χ2n) is 12.1. The summed E-state index contributed by atoms with van der Waals surface area (Å²) in [6, 6.07) is 66.5. The van der Waals surface area contributed by atoms with Crippen LogP contribution in [-0.2, 0) is 27.0 Å². The Morgan fingerprint density at radius 1 is 0.138 bits per heavy atom. The van der Waals surface area contributed by atoms with E-state index in [1.54, 1.807) is 0 Å². The van der Waals surface area contributed by atoms with Crippen LogP contribution in [0, 0.1) is 0 Å². The highest BCUT2D eigenvalue weighted by atomic mass is 79.9. The molecule has 0 aliphatic carbocycles. The summed E-state index contributed by atoms with van der Waals surface area (Å²) in [5.41, 5.74) is 9.89. The molecule has 0 heterocycles. The topological polar surface area (TPSA) is 0 Å². The zero-order chi connectivity index (χ0) is 39.9. The third kappa shape index (κ3) is 17.3. The summed E-state index contributed by atoms with van der Waals surface area (Å²) in [6.07, 6.45) is 0. The van der Waals surface area contributed by atoms with Crippen LogP contribution in [0.3, 0.4) is 0 Å². The first-order valence-corrected chi connectivity index (χ1v) is 23.4. The van der Waals surface area contributed by atoms with E-state index >= 15 is 0 Å². The Morgan fingerprint density at radius 2 is 0.207 bits per heavy atom. The van der Waals surface area contributed by atoms with Crippen molar-refractivity contribution >= 4 is 154 Å². The van der Waals surface area contributed by atoms with Gasteiger partial charge in [-0.3, -0.25) is 0 Å². The minimum atomic E-state index is 0. The second kappa shape index (κ2) is 26.6. The molecule has 0 aromatic heterocycles. The van der Waals surface area contributed by atoms with E-state index in [2.05, 4.69) is 322 Å². The minimum absolute atomic E-state index is 0. The maximum atomic E-state index is 3.42. The summed E-state index contributed by atoms with van der Waals surface area (Å²) in [5, 5.41) is 0. The Hall–Kier alpha value is -1.70. The van der Waals surface area contributed by atoms with Crippen molar-refractivity contribution in [1.82, 2.24) is 0 Å². The van der Waals surface area contributed by atoms with Gasteiger partial charge in [-0.15, -0.1) is 0 Å². The van der Waals surface area contributed by atoms with Gasteiger partial charge in [-0.05, 0) is 142 Å². The Bertz CT molecular complexity index is 1850. The van der Waals surface area contributed by atoms with Gasteiger partial charge in [0.1, 0.15) is 0 Å². The molecule has 0 aliphatic rings. The molecule has 8 rings (SSSR count). The standard InChI is InChI=1S/4C12H8Br2.2S/c4*13-11-5-1-9(2-6-11)10-3-7-12(14)8-4-10;;/h4*1-8H;;/q;;;;2*-2. The molecule has 0 saturated carbocycles. The summed E-state index contributed by atoms with van der Waals surface area (Å²) < 4.78 is 8.88. The van der Waals surface area contributed by atoms with Gasteiger partial charge in [0.25, 0.3) is 0 Å². The summed E-state index contributed by atoms with van der Waals surface area (Å²) >= 11 is 27.4. The van der Waals surface area contributed by atoms with Crippen molar-refractivity contribution in [3.8, 4) is 44.5 Å². The van der Waals surface area contributed by atoms with E-state index in [1.807, 2.05) is 0 Å². The molecule has 8 aromatic rings. The molecule has 10 heteroatoms. The highest BCUT2D eigenvalue weighted by Crippen LogP contribution is 2.27. The fraction of sp³-hybridized carbons (Fsp3) is 0. The van der Waals surface area contributed by atoms with E-state index in [1.165, 1.54) is 44.5 Å². The molecule has 0 radical (unpaired) electrons. The molecule has 8 aromatic carbocycles. The summed E-state index contributed by atoms with van der Waals surface area (Å²) in [7, 11) is 0. The monoisotopic (exact) mass is 1300 g/mol. The van der Waals surface area contributed by atoms with Crippen molar-refractivity contribution in [1.29, 1.82) is 0 Å². The lowest BCUT2D eigenvalue weighted by atomic mass is 10.1. The third-order valence-electron chi connectivity index (χ3n) is 8.09. The molecule has 0 bridgehead atoms. The van der Waals surface area contributed by atoms with Gasteiger partial charge in [0.15, 0.2) is 0 Å². The van der Waals surface area contributed by atoms with Crippen molar-refractivity contribution < 1.29 is 0 Å². The Morgan fingerprint density at radius 3 is 0.276 bits per heavy atom. The van der Waals surface area contributed by atoms with E-state index in [4.69, 9.17) is 0 Å². The molecule has 0 aliphatic heterocycles. The van der Waals surface area contributed by atoms with Gasteiger partial charge in [-0.2, -0.15) is 0 Å². The summed E-state index contributed by atoms with van der Waals surface area (Å²) in [6.45, 7) is 0. The van der Waals surface area contributed by atoms with Crippen molar-refractivity contribution in [2.45, 2.75) is 0 Å². The minimum Gasteiger partial charge on any atom is -2.00 e. The number of benzene rings is 8. The van der Waals surface area contributed by atoms with Crippen molar-refractivity contribution in [2.24, 2.45) is 0 Å². The van der Waals surface area contributed by atoms with E-state index in [9.17, 15) is 0 Å². The average molecular weight is 1310 g/mol. The molecule has 0 unspecified atom stereocenters. The quantitative estimate of drug-likeness (QED) is 0.165. The summed E-state index contributed by atoms with van der Waals surface area (Å²) in [5.74, 6) is 0.